The molecule has 1 heterocycles. The Labute approximate surface area is 121 Å². The van der Waals surface area contributed by atoms with Crippen molar-refractivity contribution >= 4 is 0 Å². The van der Waals surface area contributed by atoms with Gasteiger partial charge >= 0.3 is 0 Å². The van der Waals surface area contributed by atoms with Crippen molar-refractivity contribution in [3.05, 3.63) is 29.3 Å². The molecule has 3 rings (SSSR count). The zero-order valence-corrected chi connectivity index (χ0v) is 12.5. The third-order valence-corrected chi connectivity index (χ3v) is 4.79. The Balaban J connectivity index is 1.90. The first kappa shape index (κ1) is 13.9. The van der Waals surface area contributed by atoms with Crippen molar-refractivity contribution < 1.29 is 9.84 Å². The van der Waals surface area contributed by atoms with Crippen molar-refractivity contribution in [1.82, 2.24) is 4.90 Å². The molecule has 3 nitrogen and oxygen atoms in total. The Morgan fingerprint density at radius 3 is 3.05 bits per heavy atom. The monoisotopic (exact) mass is 275 g/mol. The second-order valence-electron chi connectivity index (χ2n) is 6.19. The van der Waals surface area contributed by atoms with Gasteiger partial charge in [-0.25, -0.2) is 0 Å². The van der Waals surface area contributed by atoms with Gasteiger partial charge in [-0.2, -0.15) is 0 Å². The molecule has 1 fully saturated rings. The Hall–Kier alpha value is -1.06. The van der Waals surface area contributed by atoms with E-state index in [1.807, 2.05) is 12.1 Å². The molecule has 0 spiro atoms. The van der Waals surface area contributed by atoms with Gasteiger partial charge in [-0.05, 0) is 55.9 Å². The third-order valence-electron chi connectivity index (χ3n) is 4.79. The van der Waals surface area contributed by atoms with Gasteiger partial charge < -0.3 is 9.84 Å². The molecule has 0 bridgehead atoms. The minimum Gasteiger partial charge on any atom is -0.508 e. The lowest BCUT2D eigenvalue weighted by molar-refractivity contribution is -0.0756. The van der Waals surface area contributed by atoms with Crippen LogP contribution in [0, 0.1) is 0 Å². The van der Waals surface area contributed by atoms with Gasteiger partial charge in [0.15, 0.2) is 0 Å². The van der Waals surface area contributed by atoms with E-state index in [9.17, 15) is 5.11 Å². The number of morpholine rings is 1. The molecule has 110 valence electrons. The normalized spacial score (nSPS) is 31.0. The molecule has 20 heavy (non-hydrogen) atoms. The molecule has 0 saturated carbocycles. The maximum atomic E-state index is 9.69. The summed E-state index contributed by atoms with van der Waals surface area (Å²) in [5, 5.41) is 9.69. The summed E-state index contributed by atoms with van der Waals surface area (Å²) in [6.45, 7) is 6.28. The fraction of sp³-hybridized carbons (Fsp3) is 0.647. The highest BCUT2D eigenvalue weighted by Crippen LogP contribution is 2.38. The second kappa shape index (κ2) is 5.74. The van der Waals surface area contributed by atoms with Gasteiger partial charge in [-0.15, -0.1) is 0 Å². The number of phenols is 1. The number of rotatable bonds is 2. The lowest BCUT2D eigenvalue weighted by Crippen LogP contribution is -2.50. The highest BCUT2D eigenvalue weighted by molar-refractivity contribution is 5.38. The van der Waals surface area contributed by atoms with E-state index in [-0.39, 0.29) is 0 Å². The van der Waals surface area contributed by atoms with Crippen molar-refractivity contribution in [2.45, 2.75) is 57.7 Å². The zero-order chi connectivity index (χ0) is 14.1. The molecule has 1 aliphatic heterocycles. The number of ether oxygens (including phenoxy) is 1. The molecule has 0 radical (unpaired) electrons. The molecule has 1 aromatic rings. The van der Waals surface area contributed by atoms with Crippen LogP contribution >= 0.6 is 0 Å². The Kier molecular flexibility index (Phi) is 3.99. The van der Waals surface area contributed by atoms with Gasteiger partial charge in [0.2, 0.25) is 0 Å². The molecule has 0 aromatic heterocycles. The van der Waals surface area contributed by atoms with Crippen LogP contribution in [0.1, 0.15) is 50.3 Å². The van der Waals surface area contributed by atoms with Crippen molar-refractivity contribution in [3.63, 3.8) is 0 Å². The number of aryl methyl sites for hydroxylation is 1. The molecule has 3 atom stereocenters. The molecule has 1 aromatic carbocycles. The summed E-state index contributed by atoms with van der Waals surface area (Å²) in [5.74, 6) is 0.395. The number of benzene rings is 1. The fourth-order valence-corrected chi connectivity index (χ4v) is 3.72. The van der Waals surface area contributed by atoms with E-state index in [1.54, 1.807) is 0 Å². The second-order valence-corrected chi connectivity index (χ2v) is 6.19. The van der Waals surface area contributed by atoms with Crippen LogP contribution in [0.2, 0.25) is 0 Å². The van der Waals surface area contributed by atoms with Crippen LogP contribution in [-0.4, -0.2) is 35.3 Å². The summed E-state index contributed by atoms with van der Waals surface area (Å²) in [6.07, 6.45) is 4.98. The predicted molar refractivity (Wildman–Crippen MR) is 80.0 cm³/mol. The highest BCUT2D eigenvalue weighted by atomic mass is 16.5. The summed E-state index contributed by atoms with van der Waals surface area (Å²) in [5.41, 5.74) is 2.75. The first-order valence-corrected chi connectivity index (χ1v) is 7.88. The minimum atomic E-state index is 0.320. The molecule has 0 amide bonds. The van der Waals surface area contributed by atoms with Crippen LogP contribution in [-0.2, 0) is 11.2 Å². The van der Waals surface area contributed by atoms with Crippen molar-refractivity contribution in [1.29, 1.82) is 0 Å². The van der Waals surface area contributed by atoms with Crippen LogP contribution in [0.15, 0.2) is 18.2 Å². The van der Waals surface area contributed by atoms with Crippen molar-refractivity contribution in [2.24, 2.45) is 0 Å². The van der Waals surface area contributed by atoms with Gasteiger partial charge in [0.25, 0.3) is 0 Å². The highest BCUT2D eigenvalue weighted by Gasteiger charge is 2.34. The summed E-state index contributed by atoms with van der Waals surface area (Å²) in [7, 11) is 0. The average molecular weight is 275 g/mol. The van der Waals surface area contributed by atoms with Crippen LogP contribution in [0.25, 0.3) is 0 Å². The molecule has 1 saturated heterocycles. The summed E-state index contributed by atoms with van der Waals surface area (Å²) >= 11 is 0. The quantitative estimate of drug-likeness (QED) is 0.899. The van der Waals surface area contributed by atoms with Gasteiger partial charge in [-0.3, -0.25) is 4.90 Å². The molecule has 1 N–H and O–H groups in total. The van der Waals surface area contributed by atoms with E-state index in [0.717, 1.165) is 26.0 Å². The van der Waals surface area contributed by atoms with E-state index in [1.165, 1.54) is 24.0 Å². The summed E-state index contributed by atoms with van der Waals surface area (Å²) in [6, 6.07) is 6.93. The van der Waals surface area contributed by atoms with E-state index < -0.39 is 0 Å². The Bertz CT molecular complexity index is 474. The summed E-state index contributed by atoms with van der Waals surface area (Å²) in [4.78, 5) is 2.64. The van der Waals surface area contributed by atoms with Crippen LogP contribution in [0.3, 0.4) is 0 Å². The maximum absolute atomic E-state index is 9.69. The first-order chi connectivity index (χ1) is 9.69. The number of aromatic hydroxyl groups is 1. The van der Waals surface area contributed by atoms with E-state index in [0.29, 0.717) is 23.9 Å². The van der Waals surface area contributed by atoms with E-state index in [4.69, 9.17) is 4.74 Å². The average Bonchev–Trinajstić information content (AvgIpc) is 2.46. The lowest BCUT2D eigenvalue weighted by Gasteiger charge is -2.45. The largest absolute Gasteiger partial charge is 0.508 e. The number of hydrogen-bond donors (Lipinski definition) is 1. The fourth-order valence-electron chi connectivity index (χ4n) is 3.72. The van der Waals surface area contributed by atoms with Gasteiger partial charge in [-0.1, -0.05) is 13.0 Å². The van der Waals surface area contributed by atoms with Crippen LogP contribution in [0.4, 0.5) is 0 Å². The maximum Gasteiger partial charge on any atom is 0.115 e. The zero-order valence-electron chi connectivity index (χ0n) is 12.5. The molecule has 3 unspecified atom stereocenters. The van der Waals surface area contributed by atoms with Crippen LogP contribution < -0.4 is 0 Å². The standard InChI is InChI=1S/C17H25NO2/c1-3-14-11-20-12(2)10-18(14)17-6-4-5-13-9-15(19)7-8-16(13)17/h7-9,12,14,17,19H,3-6,10-11H2,1-2H3. The number of nitrogens with zero attached hydrogens (tertiary/aromatic N) is 1. The molecular formula is C17H25NO2. The number of hydrogen-bond acceptors (Lipinski definition) is 3. The Morgan fingerprint density at radius 1 is 1.40 bits per heavy atom. The summed E-state index contributed by atoms with van der Waals surface area (Å²) < 4.78 is 5.83. The van der Waals surface area contributed by atoms with Crippen molar-refractivity contribution in [3.8, 4) is 5.75 Å². The SMILES string of the molecule is CCC1COC(C)CN1C1CCCc2cc(O)ccc21. The lowest BCUT2D eigenvalue weighted by atomic mass is 9.85. The van der Waals surface area contributed by atoms with Gasteiger partial charge in [0.05, 0.1) is 12.7 Å². The molecule has 1 aliphatic carbocycles. The third kappa shape index (κ3) is 2.57. The number of phenolic OH excluding ortho intramolecular Hbond substituents is 1. The predicted octanol–water partition coefficient (Wildman–Crippen LogP) is 3.27. The van der Waals surface area contributed by atoms with Gasteiger partial charge in [0.1, 0.15) is 5.75 Å². The van der Waals surface area contributed by atoms with Gasteiger partial charge in [0, 0.05) is 18.6 Å². The smallest absolute Gasteiger partial charge is 0.115 e. The topological polar surface area (TPSA) is 32.7 Å². The van der Waals surface area contributed by atoms with Crippen LogP contribution in [0.5, 0.6) is 5.75 Å². The minimum absolute atomic E-state index is 0.320. The Morgan fingerprint density at radius 2 is 2.25 bits per heavy atom. The first-order valence-electron chi connectivity index (χ1n) is 7.88. The molecular weight excluding hydrogens is 250 g/mol. The number of fused-ring (bicyclic) bond motifs is 1. The molecule has 3 heteroatoms. The van der Waals surface area contributed by atoms with E-state index >= 15 is 0 Å². The van der Waals surface area contributed by atoms with E-state index in [2.05, 4.69) is 24.8 Å². The molecule has 2 aliphatic rings. The van der Waals surface area contributed by atoms with Crippen molar-refractivity contribution in [2.75, 3.05) is 13.2 Å².